The van der Waals surface area contributed by atoms with Gasteiger partial charge < -0.3 is 10.6 Å². The molecule has 0 saturated carbocycles. The van der Waals surface area contributed by atoms with Crippen molar-refractivity contribution in [2.45, 2.75) is 17.5 Å². The van der Waals surface area contributed by atoms with Gasteiger partial charge in [0.15, 0.2) is 0 Å². The predicted octanol–water partition coefficient (Wildman–Crippen LogP) is 3.72. The number of hydrogen-bond acceptors (Lipinski definition) is 3. The van der Waals surface area contributed by atoms with Crippen molar-refractivity contribution in [2.24, 2.45) is 0 Å². The number of amides is 2. The van der Waals surface area contributed by atoms with E-state index in [1.807, 2.05) is 0 Å². The first kappa shape index (κ1) is 18.3. The second-order valence-electron chi connectivity index (χ2n) is 5.75. The van der Waals surface area contributed by atoms with Crippen molar-refractivity contribution in [2.75, 3.05) is 17.6 Å². The molecule has 0 unspecified atom stereocenters. The predicted molar refractivity (Wildman–Crippen MR) is 93.3 cm³/mol. The van der Waals surface area contributed by atoms with Crippen LogP contribution < -0.4 is 10.6 Å². The van der Waals surface area contributed by atoms with Gasteiger partial charge in [0.25, 0.3) is 5.91 Å². The van der Waals surface area contributed by atoms with Crippen LogP contribution in [0, 0.1) is 0 Å². The molecule has 2 aromatic carbocycles. The fourth-order valence-electron chi connectivity index (χ4n) is 2.51. The molecule has 0 aromatic heterocycles. The summed E-state index contributed by atoms with van der Waals surface area (Å²) < 4.78 is 37.6. The highest BCUT2D eigenvalue weighted by molar-refractivity contribution is 8.00. The molecule has 2 N–H and O–H groups in total. The largest absolute Gasteiger partial charge is 0.416 e. The monoisotopic (exact) mass is 380 g/mol. The Hall–Kier alpha value is -2.48. The Bertz CT molecular complexity index is 835. The first-order valence-corrected chi connectivity index (χ1v) is 8.82. The smallest absolute Gasteiger partial charge is 0.352 e. The lowest BCUT2D eigenvalue weighted by molar-refractivity contribution is -0.137. The number of carbonyl (C=O) groups excluding carboxylic acids is 2. The molecule has 0 aliphatic carbocycles. The Morgan fingerprint density at radius 2 is 1.88 bits per heavy atom. The summed E-state index contributed by atoms with van der Waals surface area (Å²) in [6, 6.07) is 9.94. The summed E-state index contributed by atoms with van der Waals surface area (Å²) in [7, 11) is 0. The Morgan fingerprint density at radius 1 is 1.15 bits per heavy atom. The van der Waals surface area contributed by atoms with Gasteiger partial charge in [-0.05, 0) is 42.3 Å². The van der Waals surface area contributed by atoms with Crippen molar-refractivity contribution in [3.8, 4) is 0 Å². The van der Waals surface area contributed by atoms with E-state index in [2.05, 4.69) is 10.6 Å². The highest BCUT2D eigenvalue weighted by Crippen LogP contribution is 2.32. The maximum absolute atomic E-state index is 12.5. The maximum Gasteiger partial charge on any atom is 0.416 e. The number of nitrogens with one attached hydrogen (secondary N) is 2. The number of alkyl halides is 3. The molecule has 2 aromatic rings. The molecule has 2 amide bonds. The fraction of sp³-hybridized carbons (Fsp3) is 0.222. The molecule has 4 nitrogen and oxygen atoms in total. The van der Waals surface area contributed by atoms with Crippen molar-refractivity contribution < 1.29 is 22.8 Å². The average molecular weight is 380 g/mol. The molecule has 0 atom stereocenters. The minimum atomic E-state index is -4.35. The van der Waals surface area contributed by atoms with Crippen LogP contribution in [0.5, 0.6) is 0 Å². The van der Waals surface area contributed by atoms with Gasteiger partial charge in [-0.3, -0.25) is 9.59 Å². The highest BCUT2D eigenvalue weighted by Gasteiger charge is 2.29. The SMILES string of the molecule is O=C1CSc2ccc(C(=O)NCCc3ccc(C(F)(F)F)cc3)cc2N1. The molecule has 8 heteroatoms. The number of halogens is 3. The molecule has 136 valence electrons. The van der Waals surface area contributed by atoms with Crippen LogP contribution in [0.4, 0.5) is 18.9 Å². The summed E-state index contributed by atoms with van der Waals surface area (Å²) >= 11 is 1.41. The Balaban J connectivity index is 1.56. The summed E-state index contributed by atoms with van der Waals surface area (Å²) in [5.41, 5.74) is 1.03. The van der Waals surface area contributed by atoms with E-state index < -0.39 is 11.7 Å². The first-order chi connectivity index (χ1) is 12.3. The van der Waals surface area contributed by atoms with Crippen LogP contribution in [0.15, 0.2) is 47.4 Å². The van der Waals surface area contributed by atoms with Gasteiger partial charge in [0.05, 0.1) is 17.0 Å². The number of carbonyl (C=O) groups is 2. The van der Waals surface area contributed by atoms with Gasteiger partial charge >= 0.3 is 6.18 Å². The molecule has 0 fully saturated rings. The molecule has 1 aliphatic rings. The first-order valence-electron chi connectivity index (χ1n) is 7.84. The van der Waals surface area contributed by atoms with Gasteiger partial charge in [0.1, 0.15) is 0 Å². The van der Waals surface area contributed by atoms with E-state index in [1.54, 1.807) is 18.2 Å². The van der Waals surface area contributed by atoms with Crippen LogP contribution in [0.3, 0.4) is 0 Å². The molecule has 1 heterocycles. The molecular weight excluding hydrogens is 365 g/mol. The van der Waals surface area contributed by atoms with E-state index in [1.165, 1.54) is 23.9 Å². The molecule has 0 radical (unpaired) electrons. The lowest BCUT2D eigenvalue weighted by Gasteiger charge is -2.17. The van der Waals surface area contributed by atoms with Gasteiger partial charge in [-0.1, -0.05) is 12.1 Å². The van der Waals surface area contributed by atoms with E-state index >= 15 is 0 Å². The van der Waals surface area contributed by atoms with Crippen LogP contribution in [0.25, 0.3) is 0 Å². The number of fused-ring (bicyclic) bond motifs is 1. The Kier molecular flexibility index (Phi) is 5.22. The van der Waals surface area contributed by atoms with Crippen LogP contribution in [0.2, 0.25) is 0 Å². The number of anilines is 1. The molecular formula is C18H15F3N2O2S. The zero-order valence-corrected chi connectivity index (χ0v) is 14.3. The van der Waals surface area contributed by atoms with Gasteiger partial charge in [-0.25, -0.2) is 0 Å². The van der Waals surface area contributed by atoms with Gasteiger partial charge in [-0.15, -0.1) is 11.8 Å². The number of rotatable bonds is 4. The lowest BCUT2D eigenvalue weighted by atomic mass is 10.1. The normalized spacial score (nSPS) is 13.7. The van der Waals surface area contributed by atoms with E-state index in [0.29, 0.717) is 35.5 Å². The van der Waals surface area contributed by atoms with E-state index in [0.717, 1.165) is 17.0 Å². The third kappa shape index (κ3) is 4.37. The van der Waals surface area contributed by atoms with Crippen LogP contribution in [-0.4, -0.2) is 24.1 Å². The van der Waals surface area contributed by atoms with E-state index in [4.69, 9.17) is 0 Å². The molecule has 3 rings (SSSR count). The van der Waals surface area contributed by atoms with Gasteiger partial charge in [-0.2, -0.15) is 13.2 Å². The maximum atomic E-state index is 12.5. The zero-order chi connectivity index (χ0) is 18.7. The molecule has 26 heavy (non-hydrogen) atoms. The summed E-state index contributed by atoms with van der Waals surface area (Å²) in [6.07, 6.45) is -3.94. The lowest BCUT2D eigenvalue weighted by Crippen LogP contribution is -2.26. The second kappa shape index (κ2) is 7.41. The summed E-state index contributed by atoms with van der Waals surface area (Å²) in [4.78, 5) is 24.5. The minimum Gasteiger partial charge on any atom is -0.352 e. The third-order valence-corrected chi connectivity index (χ3v) is 4.93. The average Bonchev–Trinajstić information content (AvgIpc) is 2.60. The minimum absolute atomic E-state index is 0.109. The van der Waals surface area contributed by atoms with Crippen LogP contribution in [-0.2, 0) is 17.4 Å². The van der Waals surface area contributed by atoms with Crippen LogP contribution >= 0.6 is 11.8 Å². The van der Waals surface area contributed by atoms with Crippen molar-refractivity contribution in [1.82, 2.24) is 5.32 Å². The second-order valence-corrected chi connectivity index (χ2v) is 6.77. The molecule has 0 bridgehead atoms. The molecule has 0 saturated heterocycles. The number of hydrogen-bond donors (Lipinski definition) is 2. The Morgan fingerprint density at radius 3 is 2.58 bits per heavy atom. The van der Waals surface area contributed by atoms with E-state index in [-0.39, 0.29) is 11.8 Å². The highest BCUT2D eigenvalue weighted by atomic mass is 32.2. The number of thioether (sulfide) groups is 1. The van der Waals surface area contributed by atoms with Gasteiger partial charge in [0.2, 0.25) is 5.91 Å². The quantitative estimate of drug-likeness (QED) is 0.850. The summed E-state index contributed by atoms with van der Waals surface area (Å²) in [5, 5.41) is 5.45. The van der Waals surface area contributed by atoms with Crippen molar-refractivity contribution >= 4 is 29.3 Å². The van der Waals surface area contributed by atoms with Crippen molar-refractivity contribution in [1.29, 1.82) is 0 Å². The Labute approximate surface area is 152 Å². The zero-order valence-electron chi connectivity index (χ0n) is 13.5. The van der Waals surface area contributed by atoms with Crippen LogP contribution in [0.1, 0.15) is 21.5 Å². The molecule has 0 spiro atoms. The summed E-state index contributed by atoms with van der Waals surface area (Å²) in [6.45, 7) is 0.294. The van der Waals surface area contributed by atoms with Gasteiger partial charge in [0, 0.05) is 17.0 Å². The molecule has 1 aliphatic heterocycles. The van der Waals surface area contributed by atoms with E-state index in [9.17, 15) is 22.8 Å². The topological polar surface area (TPSA) is 58.2 Å². The van der Waals surface area contributed by atoms with Crippen molar-refractivity contribution in [3.63, 3.8) is 0 Å². The number of benzene rings is 2. The standard InChI is InChI=1S/C18H15F3N2O2S/c19-18(20,21)13-4-1-11(2-5-13)7-8-22-17(25)12-3-6-15-14(9-12)23-16(24)10-26-15/h1-6,9H,7-8,10H2,(H,22,25)(H,23,24). The third-order valence-electron chi connectivity index (χ3n) is 3.86. The fourth-order valence-corrected chi connectivity index (χ4v) is 3.30. The summed E-state index contributed by atoms with van der Waals surface area (Å²) in [5.74, 6) is -0.0574. The van der Waals surface area contributed by atoms with Crippen molar-refractivity contribution in [3.05, 3.63) is 59.2 Å².